The van der Waals surface area contributed by atoms with Crippen LogP contribution in [0.15, 0.2) is 34.9 Å². The van der Waals surface area contributed by atoms with Crippen LogP contribution in [0, 0.1) is 5.41 Å². The minimum atomic E-state index is -0.264. The van der Waals surface area contributed by atoms with Crippen LogP contribution in [0.5, 0.6) is 0 Å². The highest BCUT2D eigenvalue weighted by Gasteiger charge is 2.30. The molecular formula is C17H26O2. The molecule has 0 heterocycles. The summed E-state index contributed by atoms with van der Waals surface area (Å²) in [5.41, 5.74) is 4.26. The van der Waals surface area contributed by atoms with E-state index >= 15 is 0 Å². The normalized spacial score (nSPS) is 24.4. The van der Waals surface area contributed by atoms with Crippen molar-refractivity contribution in [2.45, 2.75) is 53.4 Å². The summed E-state index contributed by atoms with van der Waals surface area (Å²) < 4.78 is 4.62. The molecule has 0 aromatic carbocycles. The van der Waals surface area contributed by atoms with Gasteiger partial charge in [0.15, 0.2) is 0 Å². The van der Waals surface area contributed by atoms with E-state index in [0.717, 1.165) is 18.4 Å². The maximum absolute atomic E-state index is 11.1. The van der Waals surface area contributed by atoms with Crippen molar-refractivity contribution in [3.05, 3.63) is 34.9 Å². The van der Waals surface area contributed by atoms with E-state index in [-0.39, 0.29) is 11.4 Å². The molecule has 0 aromatic heterocycles. The van der Waals surface area contributed by atoms with Gasteiger partial charge >= 0.3 is 5.97 Å². The number of hydrogen-bond acceptors (Lipinski definition) is 2. The molecule has 106 valence electrons. The van der Waals surface area contributed by atoms with Crippen LogP contribution in [0.2, 0.25) is 0 Å². The summed E-state index contributed by atoms with van der Waals surface area (Å²) in [7, 11) is 1.41. The molecule has 0 aromatic rings. The summed E-state index contributed by atoms with van der Waals surface area (Å²) in [5.74, 6) is -0.264. The van der Waals surface area contributed by atoms with Crippen molar-refractivity contribution in [2.75, 3.05) is 7.11 Å². The van der Waals surface area contributed by atoms with E-state index in [0.29, 0.717) is 0 Å². The lowest BCUT2D eigenvalue weighted by atomic mass is 9.77. The van der Waals surface area contributed by atoms with Crippen LogP contribution in [-0.2, 0) is 9.53 Å². The number of methoxy groups -OCH3 is 1. The van der Waals surface area contributed by atoms with Crippen LogP contribution in [0.4, 0.5) is 0 Å². The van der Waals surface area contributed by atoms with Crippen LogP contribution in [-0.4, -0.2) is 13.1 Å². The van der Waals surface area contributed by atoms with Crippen LogP contribution in [0.25, 0.3) is 0 Å². The Hall–Kier alpha value is -1.31. The maximum atomic E-state index is 11.1. The van der Waals surface area contributed by atoms with Crippen molar-refractivity contribution >= 4 is 5.97 Å². The Balaban J connectivity index is 2.56. The third-order valence-electron chi connectivity index (χ3n) is 4.39. The molecule has 1 rings (SSSR count). The van der Waals surface area contributed by atoms with E-state index in [1.165, 1.54) is 31.1 Å². The van der Waals surface area contributed by atoms with Gasteiger partial charge in [-0.15, -0.1) is 0 Å². The molecule has 0 radical (unpaired) electrons. The summed E-state index contributed by atoms with van der Waals surface area (Å²) in [6, 6.07) is 0. The second-order valence-electron chi connectivity index (χ2n) is 5.70. The van der Waals surface area contributed by atoms with Gasteiger partial charge in [0.05, 0.1) is 7.11 Å². The average molecular weight is 262 g/mol. The van der Waals surface area contributed by atoms with Crippen molar-refractivity contribution in [2.24, 2.45) is 5.41 Å². The quantitative estimate of drug-likeness (QED) is 0.412. The topological polar surface area (TPSA) is 26.3 Å². The first-order valence-electron chi connectivity index (χ1n) is 6.99. The molecule has 0 saturated carbocycles. The third kappa shape index (κ3) is 4.09. The fourth-order valence-corrected chi connectivity index (χ4v) is 2.58. The molecule has 2 nitrogen and oxygen atoms in total. The van der Waals surface area contributed by atoms with Crippen molar-refractivity contribution in [3.8, 4) is 0 Å². The van der Waals surface area contributed by atoms with Crippen LogP contribution >= 0.6 is 0 Å². The number of carbonyl (C=O) groups is 1. The molecule has 0 fully saturated rings. The van der Waals surface area contributed by atoms with Crippen molar-refractivity contribution in [1.29, 1.82) is 0 Å². The lowest BCUT2D eigenvalue weighted by Crippen LogP contribution is -2.15. The van der Waals surface area contributed by atoms with Crippen molar-refractivity contribution < 1.29 is 9.53 Å². The SMILES string of the molecule is COC(=O)C=C(C)CCC=C(C)C1(C)CCC=C1C. The Morgan fingerprint density at radius 1 is 1.47 bits per heavy atom. The number of ether oxygens (including phenoxy) is 1. The molecule has 1 unspecified atom stereocenters. The predicted octanol–water partition coefficient (Wildman–Crippen LogP) is 4.58. The summed E-state index contributed by atoms with van der Waals surface area (Å²) in [5, 5.41) is 0. The monoisotopic (exact) mass is 262 g/mol. The first-order chi connectivity index (χ1) is 8.90. The highest BCUT2D eigenvalue weighted by molar-refractivity contribution is 5.82. The Bertz CT molecular complexity index is 427. The number of allylic oxidation sites excluding steroid dienone is 5. The van der Waals surface area contributed by atoms with Gasteiger partial charge < -0.3 is 4.74 Å². The van der Waals surface area contributed by atoms with Gasteiger partial charge in [-0.3, -0.25) is 0 Å². The van der Waals surface area contributed by atoms with E-state index in [4.69, 9.17) is 0 Å². The minimum absolute atomic E-state index is 0.250. The maximum Gasteiger partial charge on any atom is 0.330 e. The Labute approximate surface area is 117 Å². The number of hydrogen-bond donors (Lipinski definition) is 0. The van der Waals surface area contributed by atoms with E-state index < -0.39 is 0 Å². The number of carbonyl (C=O) groups excluding carboxylic acids is 1. The fraction of sp³-hybridized carbons (Fsp3) is 0.588. The first-order valence-corrected chi connectivity index (χ1v) is 6.99. The second-order valence-corrected chi connectivity index (χ2v) is 5.70. The van der Waals surface area contributed by atoms with Gasteiger partial charge in [0, 0.05) is 11.5 Å². The zero-order chi connectivity index (χ0) is 14.5. The van der Waals surface area contributed by atoms with E-state index in [9.17, 15) is 4.79 Å². The largest absolute Gasteiger partial charge is 0.466 e. The van der Waals surface area contributed by atoms with Crippen molar-refractivity contribution in [1.82, 2.24) is 0 Å². The first kappa shape index (κ1) is 15.7. The average Bonchev–Trinajstić information content (AvgIpc) is 2.70. The molecule has 0 amide bonds. The minimum Gasteiger partial charge on any atom is -0.466 e. The van der Waals surface area contributed by atoms with Gasteiger partial charge in [0.1, 0.15) is 0 Å². The molecule has 0 N–H and O–H groups in total. The van der Waals surface area contributed by atoms with Gasteiger partial charge in [0.25, 0.3) is 0 Å². The molecule has 0 spiro atoms. The lowest BCUT2D eigenvalue weighted by molar-refractivity contribution is -0.134. The van der Waals surface area contributed by atoms with E-state index in [1.54, 1.807) is 6.08 Å². The van der Waals surface area contributed by atoms with Gasteiger partial charge in [-0.2, -0.15) is 0 Å². The molecule has 0 aliphatic heterocycles. The van der Waals surface area contributed by atoms with E-state index in [2.05, 4.69) is 37.7 Å². The Kier molecular flexibility index (Phi) is 5.59. The summed E-state index contributed by atoms with van der Waals surface area (Å²) in [6.07, 6.45) is 10.5. The predicted molar refractivity (Wildman–Crippen MR) is 79.9 cm³/mol. The zero-order valence-corrected chi connectivity index (χ0v) is 12.9. The smallest absolute Gasteiger partial charge is 0.330 e. The Morgan fingerprint density at radius 3 is 2.68 bits per heavy atom. The molecule has 19 heavy (non-hydrogen) atoms. The molecule has 1 aliphatic rings. The number of esters is 1. The fourth-order valence-electron chi connectivity index (χ4n) is 2.58. The van der Waals surface area contributed by atoms with Crippen LogP contribution in [0.3, 0.4) is 0 Å². The standard InChI is InChI=1S/C17H26O2/c1-13(12-16(18)19-5)8-6-9-14(2)17(4)11-7-10-15(17)3/h9-10,12H,6-8,11H2,1-5H3. The third-order valence-corrected chi connectivity index (χ3v) is 4.39. The molecule has 1 atom stereocenters. The van der Waals surface area contributed by atoms with Crippen LogP contribution in [0.1, 0.15) is 53.4 Å². The zero-order valence-electron chi connectivity index (χ0n) is 12.9. The van der Waals surface area contributed by atoms with Crippen LogP contribution < -0.4 is 0 Å². The van der Waals surface area contributed by atoms with Gasteiger partial charge in [0.2, 0.25) is 0 Å². The van der Waals surface area contributed by atoms with Gasteiger partial charge in [-0.25, -0.2) is 4.79 Å². The van der Waals surface area contributed by atoms with Gasteiger partial charge in [-0.05, 0) is 46.5 Å². The second kappa shape index (κ2) is 6.74. The highest BCUT2D eigenvalue weighted by Crippen LogP contribution is 2.44. The molecule has 1 aliphatic carbocycles. The summed E-state index contributed by atoms with van der Waals surface area (Å²) in [6.45, 7) is 8.76. The highest BCUT2D eigenvalue weighted by atomic mass is 16.5. The number of rotatable bonds is 5. The van der Waals surface area contributed by atoms with Crippen molar-refractivity contribution in [3.63, 3.8) is 0 Å². The molecule has 2 heteroatoms. The molecule has 0 bridgehead atoms. The lowest BCUT2D eigenvalue weighted by Gasteiger charge is -2.28. The summed E-state index contributed by atoms with van der Waals surface area (Å²) >= 11 is 0. The van der Waals surface area contributed by atoms with E-state index in [1.807, 2.05) is 6.92 Å². The molecular weight excluding hydrogens is 236 g/mol. The summed E-state index contributed by atoms with van der Waals surface area (Å²) in [4.78, 5) is 11.1. The van der Waals surface area contributed by atoms with Gasteiger partial charge in [-0.1, -0.05) is 35.8 Å². The molecule has 0 saturated heterocycles. The Morgan fingerprint density at radius 2 is 2.16 bits per heavy atom.